The van der Waals surface area contributed by atoms with Gasteiger partial charge in [0.15, 0.2) is 0 Å². The highest BCUT2D eigenvalue weighted by molar-refractivity contribution is 6.32. The van der Waals surface area contributed by atoms with Crippen LogP contribution in [-0.2, 0) is 6.54 Å². The Morgan fingerprint density at radius 1 is 1.13 bits per heavy atom. The van der Waals surface area contributed by atoms with E-state index in [1.54, 1.807) is 43.5 Å². The van der Waals surface area contributed by atoms with Gasteiger partial charge in [0, 0.05) is 25.3 Å². The molecule has 2 aromatic carbocycles. The predicted molar refractivity (Wildman–Crippen MR) is 143 cm³/mol. The van der Waals surface area contributed by atoms with E-state index in [2.05, 4.69) is 27.4 Å². The molecule has 0 unspecified atom stereocenters. The quantitative estimate of drug-likeness (QED) is 0.218. The highest BCUT2D eigenvalue weighted by Gasteiger charge is 2.36. The van der Waals surface area contributed by atoms with Crippen molar-refractivity contribution in [2.45, 2.75) is 19.6 Å². The van der Waals surface area contributed by atoms with E-state index in [4.69, 9.17) is 23.2 Å². The number of amides is 2. The largest absolute Gasteiger partial charge is 0.453 e. The minimum atomic E-state index is -4.77. The summed E-state index contributed by atoms with van der Waals surface area (Å²) in [5, 5.41) is 10.4. The SMILES string of the molecule is C=N/C(=N\N(C)Cc1cc(C(=O)Nc2c(C)cc(Cl)cc2C(=O)NC)n(-c2ccccc2Cl)c1)C(F)(F)F. The van der Waals surface area contributed by atoms with Crippen molar-refractivity contribution in [1.82, 2.24) is 14.9 Å². The molecule has 1 heterocycles. The molecule has 0 radical (unpaired) electrons. The van der Waals surface area contributed by atoms with Crippen molar-refractivity contribution in [3.8, 4) is 5.69 Å². The number of aryl methyl sites for hydroxylation is 1. The molecule has 2 N–H and O–H groups in total. The van der Waals surface area contributed by atoms with Crippen LogP contribution in [0.4, 0.5) is 18.9 Å². The zero-order valence-corrected chi connectivity index (χ0v) is 22.0. The van der Waals surface area contributed by atoms with Crippen LogP contribution < -0.4 is 10.6 Å². The number of aromatic nitrogens is 1. The molecule has 38 heavy (non-hydrogen) atoms. The molecule has 13 heteroatoms. The number of hydrazone groups is 1. The standard InChI is InChI=1S/C25H23Cl2F3N6O2/c1-14-9-16(26)11-17(22(37)31-2)21(14)33-23(38)20-10-15(12-35(4)34-24(32-3)25(28,29)30)13-36(20)19-8-6-5-7-18(19)27/h5-11,13H,3,12H2,1-2,4H3,(H,31,37)(H,33,38)/b34-24-. The predicted octanol–water partition coefficient (Wildman–Crippen LogP) is 5.71. The maximum atomic E-state index is 13.5. The number of carbonyl (C=O) groups is 2. The van der Waals surface area contributed by atoms with Crippen LogP contribution in [0.15, 0.2) is 58.8 Å². The highest BCUT2D eigenvalue weighted by atomic mass is 35.5. The zero-order valence-electron chi connectivity index (χ0n) is 20.5. The lowest BCUT2D eigenvalue weighted by Crippen LogP contribution is -2.24. The van der Waals surface area contributed by atoms with Gasteiger partial charge >= 0.3 is 6.18 Å². The molecule has 0 aliphatic carbocycles. The van der Waals surface area contributed by atoms with Crippen LogP contribution in [0.25, 0.3) is 5.69 Å². The molecule has 2 amide bonds. The molecule has 1 aromatic heterocycles. The number of amidine groups is 1. The van der Waals surface area contributed by atoms with Crippen molar-refractivity contribution in [3.05, 3.63) is 81.1 Å². The smallest absolute Gasteiger partial charge is 0.355 e. The third kappa shape index (κ3) is 6.53. The Labute approximate surface area is 226 Å². The van der Waals surface area contributed by atoms with E-state index < -0.39 is 23.8 Å². The number of benzene rings is 2. The molecule has 0 saturated carbocycles. The fourth-order valence-electron chi connectivity index (χ4n) is 3.67. The molecule has 200 valence electrons. The summed E-state index contributed by atoms with van der Waals surface area (Å²) in [4.78, 5) is 28.9. The topological polar surface area (TPSA) is 91.1 Å². The van der Waals surface area contributed by atoms with E-state index in [1.165, 1.54) is 30.8 Å². The average molecular weight is 567 g/mol. The molecule has 3 aromatic rings. The first-order chi connectivity index (χ1) is 17.8. The number of aliphatic imine (C=N–C) groups is 1. The van der Waals surface area contributed by atoms with E-state index in [-0.39, 0.29) is 23.5 Å². The molecule has 0 saturated heterocycles. The zero-order chi connectivity index (χ0) is 28.2. The first kappa shape index (κ1) is 28.7. The summed E-state index contributed by atoms with van der Waals surface area (Å²) in [7, 11) is 2.78. The molecule has 0 aliphatic rings. The highest BCUT2D eigenvalue weighted by Crippen LogP contribution is 2.29. The lowest BCUT2D eigenvalue weighted by atomic mass is 10.1. The lowest BCUT2D eigenvalue weighted by molar-refractivity contribution is -0.0610. The molecule has 0 bridgehead atoms. The Bertz CT molecular complexity index is 1420. The molecule has 3 rings (SSSR count). The van der Waals surface area contributed by atoms with Gasteiger partial charge in [-0.3, -0.25) is 14.6 Å². The Balaban J connectivity index is 2.05. The third-order valence-corrected chi connectivity index (χ3v) is 5.85. The number of anilines is 1. The minimum absolute atomic E-state index is 0.101. The normalized spacial score (nSPS) is 11.7. The molecule has 0 aliphatic heterocycles. The van der Waals surface area contributed by atoms with E-state index >= 15 is 0 Å². The number of nitrogens with one attached hydrogen (secondary N) is 2. The molecular weight excluding hydrogens is 544 g/mol. The number of para-hydroxylation sites is 1. The van der Waals surface area contributed by atoms with E-state index in [0.717, 1.165) is 5.01 Å². The van der Waals surface area contributed by atoms with Gasteiger partial charge in [-0.1, -0.05) is 35.3 Å². The van der Waals surface area contributed by atoms with Crippen molar-refractivity contribution in [2.75, 3.05) is 19.4 Å². The fourth-order valence-corrected chi connectivity index (χ4v) is 4.16. The second-order valence-corrected chi connectivity index (χ2v) is 8.97. The van der Waals surface area contributed by atoms with Crippen molar-refractivity contribution in [3.63, 3.8) is 0 Å². The van der Waals surface area contributed by atoms with Crippen molar-refractivity contribution < 1.29 is 22.8 Å². The van der Waals surface area contributed by atoms with Gasteiger partial charge in [-0.05, 0) is 55.1 Å². The molecular formula is C25H23Cl2F3N6O2. The summed E-state index contributed by atoms with van der Waals surface area (Å²) < 4.78 is 40.6. The van der Waals surface area contributed by atoms with Crippen LogP contribution in [0.5, 0.6) is 0 Å². The van der Waals surface area contributed by atoms with Crippen molar-refractivity contribution in [2.24, 2.45) is 10.1 Å². The summed E-state index contributed by atoms with van der Waals surface area (Å²) in [6, 6.07) is 11.3. The summed E-state index contributed by atoms with van der Waals surface area (Å²) in [5.41, 5.74) is 1.98. The number of halogens is 5. The van der Waals surface area contributed by atoms with Crippen LogP contribution in [-0.4, -0.2) is 54.2 Å². The van der Waals surface area contributed by atoms with Gasteiger partial charge in [0.2, 0.25) is 0 Å². The number of hydrogen-bond donors (Lipinski definition) is 2. The fraction of sp³-hybridized carbons (Fsp3) is 0.200. The summed E-state index contributed by atoms with van der Waals surface area (Å²) in [6.07, 6.45) is -3.21. The number of rotatable bonds is 7. The van der Waals surface area contributed by atoms with E-state index in [9.17, 15) is 22.8 Å². The van der Waals surface area contributed by atoms with Gasteiger partial charge in [0.25, 0.3) is 17.6 Å². The molecule has 0 atom stereocenters. The number of alkyl halides is 3. The number of nitrogens with zero attached hydrogens (tertiary/aromatic N) is 4. The number of carbonyl (C=O) groups excluding carboxylic acids is 2. The van der Waals surface area contributed by atoms with Gasteiger partial charge < -0.3 is 15.2 Å². The van der Waals surface area contributed by atoms with Gasteiger partial charge in [-0.2, -0.15) is 18.3 Å². The van der Waals surface area contributed by atoms with Crippen LogP contribution in [0.1, 0.15) is 32.0 Å². The summed E-state index contributed by atoms with van der Waals surface area (Å²) in [5.74, 6) is -2.45. The monoisotopic (exact) mass is 566 g/mol. The molecule has 8 nitrogen and oxygen atoms in total. The first-order valence-electron chi connectivity index (χ1n) is 11.0. The van der Waals surface area contributed by atoms with Gasteiger partial charge in [-0.15, -0.1) is 0 Å². The van der Waals surface area contributed by atoms with Gasteiger partial charge in [0.05, 0.1) is 28.5 Å². The molecule has 0 spiro atoms. The van der Waals surface area contributed by atoms with Crippen LogP contribution in [0.2, 0.25) is 10.0 Å². The Morgan fingerprint density at radius 3 is 2.42 bits per heavy atom. The lowest BCUT2D eigenvalue weighted by Gasteiger charge is -2.15. The van der Waals surface area contributed by atoms with Crippen LogP contribution in [0, 0.1) is 6.92 Å². The second-order valence-electron chi connectivity index (χ2n) is 8.13. The maximum Gasteiger partial charge on any atom is 0.453 e. The summed E-state index contributed by atoms with van der Waals surface area (Å²) in [6.45, 7) is 4.51. The first-order valence-corrected chi connectivity index (χ1v) is 11.7. The second kappa shape index (κ2) is 11.7. The average Bonchev–Trinajstić information content (AvgIpc) is 3.26. The maximum absolute atomic E-state index is 13.5. The van der Waals surface area contributed by atoms with Gasteiger partial charge in [-0.25, -0.2) is 4.99 Å². The number of hydrogen-bond acceptors (Lipinski definition) is 4. The van der Waals surface area contributed by atoms with Crippen LogP contribution in [0.3, 0.4) is 0 Å². The van der Waals surface area contributed by atoms with Crippen molar-refractivity contribution in [1.29, 1.82) is 0 Å². The Morgan fingerprint density at radius 2 is 1.82 bits per heavy atom. The van der Waals surface area contributed by atoms with E-state index in [1.807, 2.05) is 0 Å². The molecule has 0 fully saturated rings. The Hall–Kier alpha value is -3.83. The third-order valence-electron chi connectivity index (χ3n) is 5.31. The van der Waals surface area contributed by atoms with Gasteiger partial charge in [0.1, 0.15) is 5.69 Å². The summed E-state index contributed by atoms with van der Waals surface area (Å²) >= 11 is 12.5. The minimum Gasteiger partial charge on any atom is -0.355 e. The van der Waals surface area contributed by atoms with E-state index in [0.29, 0.717) is 26.9 Å². The van der Waals surface area contributed by atoms with Crippen LogP contribution >= 0.6 is 23.2 Å². The van der Waals surface area contributed by atoms with Crippen molar-refractivity contribution >= 4 is 53.3 Å². The Kier molecular flexibility index (Phi) is 8.85.